The molecular formula is C77H128NO8P. The Hall–Kier alpha value is -4.37. The Morgan fingerprint density at radius 1 is 0.345 bits per heavy atom. The Labute approximate surface area is 534 Å². The Morgan fingerprint density at radius 2 is 0.598 bits per heavy atom. The monoisotopic (exact) mass is 1230 g/mol. The Bertz CT molecular complexity index is 1980. The first-order valence-corrected chi connectivity index (χ1v) is 36.5. The molecule has 9 nitrogen and oxygen atoms in total. The fourth-order valence-corrected chi connectivity index (χ4v) is 10.1. The molecule has 494 valence electrons. The molecule has 0 amide bonds. The van der Waals surface area contributed by atoms with E-state index in [1.54, 1.807) is 0 Å². The molecule has 3 N–H and O–H groups in total. The van der Waals surface area contributed by atoms with Crippen LogP contribution in [0.15, 0.2) is 158 Å². The number of allylic oxidation sites excluding steroid dienone is 26. The minimum absolute atomic E-state index is 0.0453. The van der Waals surface area contributed by atoms with Crippen LogP contribution in [-0.2, 0) is 32.7 Å². The molecule has 2 atom stereocenters. The van der Waals surface area contributed by atoms with Gasteiger partial charge in [0.2, 0.25) is 0 Å². The predicted molar refractivity (Wildman–Crippen MR) is 376 cm³/mol. The third kappa shape index (κ3) is 70.6. The second-order valence-electron chi connectivity index (χ2n) is 22.6. The standard InChI is InChI=1S/C77H128NO8P/c1-3-5-7-9-11-13-15-17-19-21-23-25-27-29-31-33-35-37-39-41-43-45-47-49-51-53-55-57-59-61-63-65-67-69-76(79)83-73-75(74-85-87(81,82)84-72-71-78)86-77(80)70-68-66-64-62-60-58-56-54-52-50-48-46-44-42-40-38-36-34-32-30-28-26-24-22-20-18-16-14-12-10-8-6-4-2/h5-8,11-14,17-20,23-26,29-32,36,38,42,44,48,50,75H,3-4,9-10,15-16,21-22,27-28,33-35,37,39-41,43,45-47,49,51-74,78H2,1-2H3,(H,81,82)/b7-5-,8-6-,13-11-,14-12-,19-17-,20-18-,25-23-,26-24-,31-29-,32-30-,38-36-,44-42-,50-48-. The molecule has 0 bridgehead atoms. The third-order valence-corrected chi connectivity index (χ3v) is 15.4. The fourth-order valence-electron chi connectivity index (χ4n) is 9.33. The second kappa shape index (κ2) is 70.7. The first kappa shape index (κ1) is 82.6. The summed E-state index contributed by atoms with van der Waals surface area (Å²) in [7, 11) is -4.41. The molecule has 0 aromatic heterocycles. The first-order chi connectivity index (χ1) is 42.8. The second-order valence-corrected chi connectivity index (χ2v) is 24.1. The lowest BCUT2D eigenvalue weighted by molar-refractivity contribution is -0.161. The van der Waals surface area contributed by atoms with Gasteiger partial charge in [-0.3, -0.25) is 18.6 Å². The van der Waals surface area contributed by atoms with Crippen molar-refractivity contribution >= 4 is 19.8 Å². The molecule has 0 aliphatic carbocycles. The maximum Gasteiger partial charge on any atom is 0.472 e. The molecule has 0 aromatic rings. The van der Waals surface area contributed by atoms with Gasteiger partial charge >= 0.3 is 19.8 Å². The minimum atomic E-state index is -4.41. The van der Waals surface area contributed by atoms with Gasteiger partial charge in [0.05, 0.1) is 13.2 Å². The highest BCUT2D eigenvalue weighted by Gasteiger charge is 2.26. The maximum atomic E-state index is 12.8. The molecular weight excluding hydrogens is 1100 g/mol. The van der Waals surface area contributed by atoms with E-state index in [-0.39, 0.29) is 38.6 Å². The number of carbonyl (C=O) groups excluding carboxylic acids is 2. The van der Waals surface area contributed by atoms with Crippen molar-refractivity contribution in [3.63, 3.8) is 0 Å². The molecule has 0 aliphatic rings. The Balaban J connectivity index is 3.94. The zero-order valence-electron chi connectivity index (χ0n) is 55.4. The quantitative estimate of drug-likeness (QED) is 0.0264. The van der Waals surface area contributed by atoms with Gasteiger partial charge < -0.3 is 20.1 Å². The van der Waals surface area contributed by atoms with Gasteiger partial charge in [-0.05, 0) is 122 Å². The van der Waals surface area contributed by atoms with Crippen molar-refractivity contribution in [2.75, 3.05) is 26.4 Å². The van der Waals surface area contributed by atoms with Crippen LogP contribution in [0.3, 0.4) is 0 Å². The summed E-state index contributed by atoms with van der Waals surface area (Å²) in [6.07, 6.45) is 103. The number of hydrogen-bond acceptors (Lipinski definition) is 8. The van der Waals surface area contributed by atoms with Gasteiger partial charge in [-0.2, -0.15) is 0 Å². The summed E-state index contributed by atoms with van der Waals surface area (Å²) in [4.78, 5) is 35.4. The van der Waals surface area contributed by atoms with E-state index >= 15 is 0 Å². The molecule has 0 fully saturated rings. The lowest BCUT2D eigenvalue weighted by atomic mass is 10.0. The molecule has 0 radical (unpaired) electrons. The minimum Gasteiger partial charge on any atom is -0.462 e. The smallest absolute Gasteiger partial charge is 0.462 e. The van der Waals surface area contributed by atoms with E-state index in [0.29, 0.717) is 6.42 Å². The highest BCUT2D eigenvalue weighted by molar-refractivity contribution is 7.47. The van der Waals surface area contributed by atoms with Crippen LogP contribution in [0.2, 0.25) is 0 Å². The van der Waals surface area contributed by atoms with Crippen LogP contribution in [-0.4, -0.2) is 49.3 Å². The van der Waals surface area contributed by atoms with Gasteiger partial charge in [-0.15, -0.1) is 0 Å². The van der Waals surface area contributed by atoms with E-state index in [0.717, 1.165) is 128 Å². The summed E-state index contributed by atoms with van der Waals surface area (Å²) in [5.74, 6) is -0.839. The Morgan fingerprint density at radius 3 is 0.885 bits per heavy atom. The van der Waals surface area contributed by atoms with Crippen molar-refractivity contribution in [2.24, 2.45) is 5.73 Å². The zero-order chi connectivity index (χ0) is 63.0. The average Bonchev–Trinajstić information content (AvgIpc) is 3.64. The number of phosphoric ester groups is 1. The van der Waals surface area contributed by atoms with E-state index in [9.17, 15) is 19.0 Å². The fraction of sp³-hybridized carbons (Fsp3) is 0.636. The van der Waals surface area contributed by atoms with E-state index in [1.165, 1.54) is 122 Å². The predicted octanol–water partition coefficient (Wildman–Crippen LogP) is 23.2. The van der Waals surface area contributed by atoms with E-state index < -0.39 is 26.5 Å². The molecule has 10 heteroatoms. The van der Waals surface area contributed by atoms with Crippen LogP contribution in [0.1, 0.15) is 284 Å². The highest BCUT2D eigenvalue weighted by atomic mass is 31.2. The lowest BCUT2D eigenvalue weighted by Gasteiger charge is -2.19. The van der Waals surface area contributed by atoms with E-state index in [2.05, 4.69) is 172 Å². The lowest BCUT2D eigenvalue weighted by Crippen LogP contribution is -2.29. The summed E-state index contributed by atoms with van der Waals surface area (Å²) < 4.78 is 33.2. The van der Waals surface area contributed by atoms with Crippen molar-refractivity contribution < 1.29 is 37.6 Å². The number of hydrogen-bond donors (Lipinski definition) is 2. The molecule has 0 rings (SSSR count). The maximum absolute atomic E-state index is 12.8. The van der Waals surface area contributed by atoms with Crippen LogP contribution in [0.25, 0.3) is 0 Å². The summed E-state index contributed by atoms with van der Waals surface area (Å²) in [5.41, 5.74) is 5.40. The molecule has 0 saturated heterocycles. The van der Waals surface area contributed by atoms with E-state index in [1.807, 2.05) is 0 Å². The van der Waals surface area contributed by atoms with Gasteiger partial charge in [0, 0.05) is 19.4 Å². The molecule has 0 aliphatic heterocycles. The molecule has 2 unspecified atom stereocenters. The molecule has 87 heavy (non-hydrogen) atoms. The number of esters is 2. The number of carbonyl (C=O) groups is 2. The molecule has 0 heterocycles. The van der Waals surface area contributed by atoms with Gasteiger partial charge in [0.15, 0.2) is 6.10 Å². The van der Waals surface area contributed by atoms with Crippen molar-refractivity contribution in [3.8, 4) is 0 Å². The van der Waals surface area contributed by atoms with Crippen molar-refractivity contribution in [1.29, 1.82) is 0 Å². The van der Waals surface area contributed by atoms with Gasteiger partial charge in [0.1, 0.15) is 6.61 Å². The first-order valence-electron chi connectivity index (χ1n) is 35.0. The highest BCUT2D eigenvalue weighted by Crippen LogP contribution is 2.43. The van der Waals surface area contributed by atoms with E-state index in [4.69, 9.17) is 24.3 Å². The topological polar surface area (TPSA) is 134 Å². The van der Waals surface area contributed by atoms with Crippen LogP contribution >= 0.6 is 7.82 Å². The largest absolute Gasteiger partial charge is 0.472 e. The average molecular weight is 1230 g/mol. The van der Waals surface area contributed by atoms with Gasteiger partial charge in [0.25, 0.3) is 0 Å². The van der Waals surface area contributed by atoms with Gasteiger partial charge in [-0.1, -0.05) is 307 Å². The molecule has 0 aromatic carbocycles. The normalized spacial score (nSPS) is 13.9. The van der Waals surface area contributed by atoms with Crippen LogP contribution in [0.4, 0.5) is 0 Å². The third-order valence-electron chi connectivity index (χ3n) is 14.4. The van der Waals surface area contributed by atoms with Crippen molar-refractivity contribution in [3.05, 3.63) is 158 Å². The van der Waals surface area contributed by atoms with Gasteiger partial charge in [-0.25, -0.2) is 4.57 Å². The molecule has 0 saturated carbocycles. The molecule has 0 spiro atoms. The summed E-state index contributed by atoms with van der Waals surface area (Å²) in [6, 6.07) is 0. The summed E-state index contributed by atoms with van der Waals surface area (Å²) >= 11 is 0. The Kier molecular flexibility index (Phi) is 67.2. The van der Waals surface area contributed by atoms with Crippen molar-refractivity contribution in [1.82, 2.24) is 0 Å². The van der Waals surface area contributed by atoms with Crippen LogP contribution in [0.5, 0.6) is 0 Å². The number of unbranched alkanes of at least 4 members (excludes halogenated alkanes) is 25. The zero-order valence-corrected chi connectivity index (χ0v) is 56.3. The number of rotatable bonds is 64. The summed E-state index contributed by atoms with van der Waals surface area (Å²) in [5, 5.41) is 0. The SMILES string of the molecule is CC/C=C\C/C=C\C/C=C\C/C=C\C/C=C\C/C=C\C/C=C\C/C=C\CCCCCCCCCCC(=O)OC(COC(=O)CCCCCCCCCCCCCCCCCCC/C=C\C/C=C\C/C=C\C/C=C\C/C=C\CC)COP(=O)(O)OCCN. The number of phosphoric acid groups is 1. The number of ether oxygens (including phenoxy) is 2. The number of nitrogens with two attached hydrogens (primary N) is 1. The summed E-state index contributed by atoms with van der Waals surface area (Å²) in [6.45, 7) is 3.51. The van der Waals surface area contributed by atoms with Crippen molar-refractivity contribution in [2.45, 2.75) is 290 Å². The van der Waals surface area contributed by atoms with Crippen LogP contribution < -0.4 is 5.73 Å². The van der Waals surface area contributed by atoms with Crippen LogP contribution in [0, 0.1) is 0 Å².